The Morgan fingerprint density at radius 1 is 1.45 bits per heavy atom. The highest BCUT2D eigenvalue weighted by Crippen LogP contribution is 2.18. The Kier molecular flexibility index (Phi) is 1.35. The van der Waals surface area contributed by atoms with Crippen LogP contribution in [0.3, 0.4) is 0 Å². The fourth-order valence-electron chi connectivity index (χ4n) is 1.18. The van der Waals surface area contributed by atoms with Gasteiger partial charge in [0.1, 0.15) is 12.1 Å². The molecule has 2 rings (SSSR count). The average molecular weight is 147 g/mol. The molecule has 1 aliphatic rings. The zero-order chi connectivity index (χ0) is 7.68. The Balaban J connectivity index is 2.54. The molecule has 0 aliphatic carbocycles. The molecule has 1 aromatic rings. The van der Waals surface area contributed by atoms with Crippen LogP contribution in [0.2, 0.25) is 0 Å². The molecule has 0 unspecified atom stereocenters. The van der Waals surface area contributed by atoms with E-state index in [1.165, 1.54) is 5.56 Å². The molecule has 3 heteroatoms. The van der Waals surface area contributed by atoms with Crippen molar-refractivity contribution >= 4 is 5.82 Å². The van der Waals surface area contributed by atoms with Crippen LogP contribution in [0.4, 0.5) is 5.82 Å². The lowest BCUT2D eigenvalue weighted by Crippen LogP contribution is -2.05. The third kappa shape index (κ3) is 0.981. The van der Waals surface area contributed by atoms with E-state index in [0.717, 1.165) is 17.9 Å². The second kappa shape index (κ2) is 2.34. The van der Waals surface area contributed by atoms with Crippen LogP contribution in [-0.2, 0) is 6.42 Å². The van der Waals surface area contributed by atoms with Crippen molar-refractivity contribution in [1.29, 1.82) is 0 Å². The van der Waals surface area contributed by atoms with E-state index < -0.39 is 0 Å². The number of nitrogens with zero attached hydrogens (tertiary/aromatic N) is 2. The van der Waals surface area contributed by atoms with E-state index in [1.807, 2.05) is 13.1 Å². The minimum absolute atomic E-state index is 0.939. The molecule has 1 aromatic heterocycles. The highest BCUT2D eigenvalue weighted by Gasteiger charge is 2.07. The lowest BCUT2D eigenvalue weighted by atomic mass is 10.1. The van der Waals surface area contributed by atoms with Crippen LogP contribution in [0.1, 0.15) is 11.3 Å². The zero-order valence-electron chi connectivity index (χ0n) is 6.33. The highest BCUT2D eigenvalue weighted by molar-refractivity contribution is 5.51. The molecule has 3 nitrogen and oxygen atoms in total. The summed E-state index contributed by atoms with van der Waals surface area (Å²) in [6.45, 7) is 2.00. The fraction of sp³-hybridized carbons (Fsp3) is 0.250. The Labute approximate surface area is 65.2 Å². The van der Waals surface area contributed by atoms with Gasteiger partial charge in [0.25, 0.3) is 0 Å². The van der Waals surface area contributed by atoms with Crippen LogP contribution in [0.15, 0.2) is 18.6 Å². The van der Waals surface area contributed by atoms with Crippen molar-refractivity contribution in [1.82, 2.24) is 9.97 Å². The quantitative estimate of drug-likeness (QED) is 0.600. The van der Waals surface area contributed by atoms with Crippen LogP contribution in [0.25, 0.3) is 0 Å². The minimum atomic E-state index is 0.939. The summed E-state index contributed by atoms with van der Waals surface area (Å²) < 4.78 is 0. The summed E-state index contributed by atoms with van der Waals surface area (Å²) in [5.41, 5.74) is 2.27. The van der Waals surface area contributed by atoms with Crippen LogP contribution in [0, 0.1) is 6.92 Å². The molecule has 0 radical (unpaired) electrons. The molecule has 2 heterocycles. The maximum atomic E-state index is 4.11. The summed E-state index contributed by atoms with van der Waals surface area (Å²) in [6.07, 6.45) is 6.50. The maximum Gasteiger partial charge on any atom is 0.137 e. The molecule has 0 atom stereocenters. The number of allylic oxidation sites excluding steroid dienone is 1. The average Bonchev–Trinajstić information content (AvgIpc) is 2.06. The Morgan fingerprint density at radius 3 is 3.18 bits per heavy atom. The minimum Gasteiger partial charge on any atom is -0.347 e. The summed E-state index contributed by atoms with van der Waals surface area (Å²) in [7, 11) is 0. The fourth-order valence-corrected chi connectivity index (χ4v) is 1.18. The van der Waals surface area contributed by atoms with Gasteiger partial charge in [-0.2, -0.15) is 0 Å². The second-order valence-electron chi connectivity index (χ2n) is 2.54. The largest absolute Gasteiger partial charge is 0.347 e. The Bertz CT molecular complexity index is 304. The van der Waals surface area contributed by atoms with E-state index >= 15 is 0 Å². The molecular weight excluding hydrogens is 138 g/mol. The van der Waals surface area contributed by atoms with E-state index in [9.17, 15) is 0 Å². The van der Waals surface area contributed by atoms with Gasteiger partial charge in [0.2, 0.25) is 0 Å². The number of fused-ring (bicyclic) bond motifs is 1. The molecule has 0 saturated carbocycles. The van der Waals surface area contributed by atoms with Crippen LogP contribution >= 0.6 is 0 Å². The van der Waals surface area contributed by atoms with Crippen molar-refractivity contribution in [3.63, 3.8) is 0 Å². The molecule has 0 spiro atoms. The lowest BCUT2D eigenvalue weighted by molar-refractivity contribution is 1.02. The SMILES string of the molecule is Cc1ncnc2c1CC=CN2. The van der Waals surface area contributed by atoms with Gasteiger partial charge in [-0.1, -0.05) is 6.08 Å². The van der Waals surface area contributed by atoms with Crippen molar-refractivity contribution in [2.75, 3.05) is 5.32 Å². The lowest BCUT2D eigenvalue weighted by Gasteiger charge is -2.11. The van der Waals surface area contributed by atoms with Gasteiger partial charge in [-0.25, -0.2) is 9.97 Å². The van der Waals surface area contributed by atoms with Crippen LogP contribution in [-0.4, -0.2) is 9.97 Å². The smallest absolute Gasteiger partial charge is 0.137 e. The first-order chi connectivity index (χ1) is 5.38. The van der Waals surface area contributed by atoms with E-state index in [1.54, 1.807) is 6.33 Å². The molecule has 56 valence electrons. The monoisotopic (exact) mass is 147 g/mol. The third-order valence-corrected chi connectivity index (χ3v) is 1.82. The molecule has 1 aliphatic heterocycles. The number of hydrogen-bond acceptors (Lipinski definition) is 3. The van der Waals surface area contributed by atoms with Gasteiger partial charge >= 0.3 is 0 Å². The first-order valence-electron chi connectivity index (χ1n) is 3.60. The first kappa shape index (κ1) is 6.34. The summed E-state index contributed by atoms with van der Waals surface area (Å²) in [5.74, 6) is 0.944. The Hall–Kier alpha value is -1.38. The molecule has 1 N–H and O–H groups in total. The number of anilines is 1. The number of nitrogens with one attached hydrogen (secondary N) is 1. The van der Waals surface area contributed by atoms with E-state index in [4.69, 9.17) is 0 Å². The normalized spacial score (nSPS) is 13.9. The number of aromatic nitrogens is 2. The Morgan fingerprint density at radius 2 is 2.36 bits per heavy atom. The van der Waals surface area contributed by atoms with Crippen molar-refractivity contribution in [3.05, 3.63) is 29.9 Å². The molecule has 11 heavy (non-hydrogen) atoms. The molecule has 0 aromatic carbocycles. The molecule has 0 bridgehead atoms. The second-order valence-corrected chi connectivity index (χ2v) is 2.54. The highest BCUT2D eigenvalue weighted by atomic mass is 15.0. The number of hydrogen-bond donors (Lipinski definition) is 1. The van der Waals surface area contributed by atoms with Gasteiger partial charge in [-0.15, -0.1) is 0 Å². The van der Waals surface area contributed by atoms with Gasteiger partial charge in [0.15, 0.2) is 0 Å². The summed E-state index contributed by atoms with van der Waals surface area (Å²) in [4.78, 5) is 8.21. The van der Waals surface area contributed by atoms with Crippen LogP contribution < -0.4 is 5.32 Å². The molecular formula is C8H9N3. The van der Waals surface area contributed by atoms with Gasteiger partial charge in [-0.05, 0) is 19.5 Å². The third-order valence-electron chi connectivity index (χ3n) is 1.82. The van der Waals surface area contributed by atoms with Crippen molar-refractivity contribution < 1.29 is 0 Å². The molecule has 0 amide bonds. The predicted molar refractivity (Wildman–Crippen MR) is 43.2 cm³/mol. The van der Waals surface area contributed by atoms with Gasteiger partial charge < -0.3 is 5.32 Å². The number of rotatable bonds is 0. The summed E-state index contributed by atoms with van der Waals surface area (Å²) >= 11 is 0. The van der Waals surface area contributed by atoms with Crippen molar-refractivity contribution in [3.8, 4) is 0 Å². The first-order valence-corrected chi connectivity index (χ1v) is 3.60. The summed E-state index contributed by atoms with van der Waals surface area (Å²) in [5, 5.41) is 3.07. The van der Waals surface area contributed by atoms with E-state index in [2.05, 4.69) is 21.4 Å². The standard InChI is InChI=1S/C8H9N3/c1-6-7-3-2-4-9-8(7)11-5-10-6/h2,4-5H,3H2,1H3,(H,9,10,11). The molecule has 0 saturated heterocycles. The van der Waals surface area contributed by atoms with E-state index in [0.29, 0.717) is 0 Å². The van der Waals surface area contributed by atoms with Crippen molar-refractivity contribution in [2.24, 2.45) is 0 Å². The van der Waals surface area contributed by atoms with Gasteiger partial charge in [-0.3, -0.25) is 0 Å². The maximum absolute atomic E-state index is 4.11. The van der Waals surface area contributed by atoms with Gasteiger partial charge in [0.05, 0.1) is 0 Å². The predicted octanol–water partition coefficient (Wildman–Crippen LogP) is 1.27. The van der Waals surface area contributed by atoms with Crippen LogP contribution in [0.5, 0.6) is 0 Å². The van der Waals surface area contributed by atoms with Crippen molar-refractivity contribution in [2.45, 2.75) is 13.3 Å². The molecule has 0 fully saturated rings. The number of aryl methyl sites for hydroxylation is 1. The summed E-state index contributed by atoms with van der Waals surface area (Å²) in [6, 6.07) is 0. The van der Waals surface area contributed by atoms with E-state index in [-0.39, 0.29) is 0 Å². The topological polar surface area (TPSA) is 37.8 Å². The van der Waals surface area contributed by atoms with Gasteiger partial charge in [0, 0.05) is 11.3 Å². The zero-order valence-corrected chi connectivity index (χ0v) is 6.33.